The van der Waals surface area contributed by atoms with Gasteiger partial charge in [-0.2, -0.15) is 13.2 Å². The molecule has 1 rings (SSSR count). The molecule has 1 aromatic carbocycles. The Balaban J connectivity index is 2.71. The molecule has 0 heterocycles. The van der Waals surface area contributed by atoms with E-state index >= 15 is 0 Å². The van der Waals surface area contributed by atoms with Crippen molar-refractivity contribution in [1.29, 1.82) is 0 Å². The highest BCUT2D eigenvalue weighted by atomic mass is 19.4. The smallest absolute Gasteiger partial charge is 0.423 e. The summed E-state index contributed by atoms with van der Waals surface area (Å²) in [6, 6.07) is 2.96. The first-order valence-electron chi connectivity index (χ1n) is 6.43. The van der Waals surface area contributed by atoms with Crippen LogP contribution in [-0.4, -0.2) is 24.1 Å². The number of hydrogen-bond acceptors (Lipinski definition) is 4. The second kappa shape index (κ2) is 7.26. The summed E-state index contributed by atoms with van der Waals surface area (Å²) in [5, 5.41) is 13.7. The van der Waals surface area contributed by atoms with Crippen LogP contribution in [0.5, 0.6) is 5.75 Å². The van der Waals surface area contributed by atoms with E-state index in [0.717, 1.165) is 6.07 Å². The van der Waals surface area contributed by atoms with Crippen LogP contribution in [0.2, 0.25) is 0 Å². The van der Waals surface area contributed by atoms with Crippen molar-refractivity contribution in [2.75, 3.05) is 13.2 Å². The van der Waals surface area contributed by atoms with Gasteiger partial charge in [0.2, 0.25) is 0 Å². The third-order valence-corrected chi connectivity index (χ3v) is 2.61. The Kier molecular flexibility index (Phi) is 5.95. The van der Waals surface area contributed by atoms with E-state index in [1.807, 2.05) is 13.8 Å². The standard InChI is InChI=1S/C13H17F3N2O3/c1-9(2)17-6-3-7-21-10-4-5-12(18(19)20)11(8-10)13(14,15)16/h4-5,8-9,17H,3,6-7H2,1-2H3. The van der Waals surface area contributed by atoms with E-state index in [9.17, 15) is 23.3 Å². The molecule has 0 saturated heterocycles. The lowest BCUT2D eigenvalue weighted by Gasteiger charge is -2.11. The van der Waals surface area contributed by atoms with Gasteiger partial charge in [-0.05, 0) is 25.1 Å². The summed E-state index contributed by atoms with van der Waals surface area (Å²) in [6.07, 6.45) is -4.17. The molecule has 0 saturated carbocycles. The number of nitro benzene ring substituents is 1. The Hall–Kier alpha value is -1.83. The number of nitro groups is 1. The SMILES string of the molecule is CC(C)NCCCOc1ccc([N+](=O)[O-])c(C(F)(F)F)c1. The molecule has 0 radical (unpaired) electrons. The van der Waals surface area contributed by atoms with Crippen LogP contribution in [0.25, 0.3) is 0 Å². The highest BCUT2D eigenvalue weighted by molar-refractivity contribution is 5.46. The van der Waals surface area contributed by atoms with Crippen molar-refractivity contribution in [3.63, 3.8) is 0 Å². The number of ether oxygens (including phenoxy) is 1. The predicted molar refractivity (Wildman–Crippen MR) is 71.3 cm³/mol. The zero-order chi connectivity index (χ0) is 16.0. The van der Waals surface area contributed by atoms with Crippen LogP contribution < -0.4 is 10.1 Å². The van der Waals surface area contributed by atoms with Gasteiger partial charge in [-0.3, -0.25) is 10.1 Å². The zero-order valence-corrected chi connectivity index (χ0v) is 11.7. The maximum Gasteiger partial charge on any atom is 0.423 e. The summed E-state index contributed by atoms with van der Waals surface area (Å²) in [7, 11) is 0. The summed E-state index contributed by atoms with van der Waals surface area (Å²) in [6.45, 7) is 4.87. The number of halogens is 3. The normalized spacial score (nSPS) is 11.7. The average molecular weight is 306 g/mol. The summed E-state index contributed by atoms with van der Waals surface area (Å²) in [4.78, 5) is 9.54. The van der Waals surface area contributed by atoms with Gasteiger partial charge in [0.1, 0.15) is 11.3 Å². The van der Waals surface area contributed by atoms with E-state index in [2.05, 4.69) is 5.32 Å². The van der Waals surface area contributed by atoms with E-state index in [0.29, 0.717) is 25.1 Å². The molecular formula is C13H17F3N2O3. The Bertz CT molecular complexity index is 490. The van der Waals surface area contributed by atoms with Gasteiger partial charge in [0, 0.05) is 12.1 Å². The first-order chi connectivity index (χ1) is 9.71. The number of nitrogens with zero attached hydrogens (tertiary/aromatic N) is 1. The molecule has 0 unspecified atom stereocenters. The van der Waals surface area contributed by atoms with Gasteiger partial charge in [0.25, 0.3) is 5.69 Å². The first kappa shape index (κ1) is 17.2. The van der Waals surface area contributed by atoms with Gasteiger partial charge in [0.05, 0.1) is 11.5 Å². The molecule has 0 amide bonds. The molecule has 0 aromatic heterocycles. The average Bonchev–Trinajstić information content (AvgIpc) is 2.36. The second-order valence-corrected chi connectivity index (χ2v) is 4.74. The summed E-state index contributed by atoms with van der Waals surface area (Å²) >= 11 is 0. The lowest BCUT2D eigenvalue weighted by molar-refractivity contribution is -0.388. The van der Waals surface area contributed by atoms with E-state index in [4.69, 9.17) is 4.74 Å². The highest BCUT2D eigenvalue weighted by Crippen LogP contribution is 2.38. The van der Waals surface area contributed by atoms with Crippen LogP contribution in [0, 0.1) is 10.1 Å². The van der Waals surface area contributed by atoms with E-state index in [1.54, 1.807) is 0 Å². The molecule has 21 heavy (non-hydrogen) atoms. The van der Waals surface area contributed by atoms with Gasteiger partial charge >= 0.3 is 6.18 Å². The quantitative estimate of drug-likeness (QED) is 0.476. The van der Waals surface area contributed by atoms with Crippen molar-refractivity contribution >= 4 is 5.69 Å². The van der Waals surface area contributed by atoms with E-state index in [-0.39, 0.29) is 12.4 Å². The molecule has 8 heteroatoms. The Morgan fingerprint density at radius 2 is 2.05 bits per heavy atom. The van der Waals surface area contributed by atoms with Crippen molar-refractivity contribution in [2.45, 2.75) is 32.5 Å². The van der Waals surface area contributed by atoms with Crippen LogP contribution >= 0.6 is 0 Å². The summed E-state index contributed by atoms with van der Waals surface area (Å²) in [5.74, 6) is -0.0301. The molecule has 1 N–H and O–H groups in total. The third kappa shape index (κ3) is 5.58. The van der Waals surface area contributed by atoms with Gasteiger partial charge in [-0.25, -0.2) is 0 Å². The molecule has 0 atom stereocenters. The Morgan fingerprint density at radius 1 is 1.38 bits per heavy atom. The van der Waals surface area contributed by atoms with Crippen molar-refractivity contribution < 1.29 is 22.8 Å². The van der Waals surface area contributed by atoms with Crippen molar-refractivity contribution in [3.8, 4) is 5.75 Å². The Morgan fingerprint density at radius 3 is 2.57 bits per heavy atom. The summed E-state index contributed by atoms with van der Waals surface area (Å²) in [5.41, 5.74) is -2.28. The molecule has 118 valence electrons. The minimum Gasteiger partial charge on any atom is -0.494 e. The second-order valence-electron chi connectivity index (χ2n) is 4.74. The zero-order valence-electron chi connectivity index (χ0n) is 11.7. The predicted octanol–water partition coefficient (Wildman–Crippen LogP) is 3.38. The molecule has 0 aliphatic carbocycles. The highest BCUT2D eigenvalue weighted by Gasteiger charge is 2.38. The number of hydrogen-bond donors (Lipinski definition) is 1. The lowest BCUT2D eigenvalue weighted by Crippen LogP contribution is -2.24. The third-order valence-electron chi connectivity index (χ3n) is 2.61. The van der Waals surface area contributed by atoms with E-state index in [1.165, 1.54) is 6.07 Å². The van der Waals surface area contributed by atoms with Crippen molar-refractivity contribution in [3.05, 3.63) is 33.9 Å². The van der Waals surface area contributed by atoms with Gasteiger partial charge in [-0.15, -0.1) is 0 Å². The molecule has 0 spiro atoms. The van der Waals surface area contributed by atoms with Crippen LogP contribution in [-0.2, 0) is 6.18 Å². The van der Waals surface area contributed by atoms with Gasteiger partial charge < -0.3 is 10.1 Å². The molecule has 1 aromatic rings. The summed E-state index contributed by atoms with van der Waals surface area (Å²) < 4.78 is 43.4. The largest absolute Gasteiger partial charge is 0.494 e. The minimum atomic E-state index is -4.79. The molecule has 0 aliphatic rings. The van der Waals surface area contributed by atoms with Crippen molar-refractivity contribution in [2.24, 2.45) is 0 Å². The lowest BCUT2D eigenvalue weighted by atomic mass is 10.1. The van der Waals surface area contributed by atoms with Crippen LogP contribution in [0.3, 0.4) is 0 Å². The molecule has 5 nitrogen and oxygen atoms in total. The maximum absolute atomic E-state index is 12.8. The molecule has 0 bridgehead atoms. The number of benzene rings is 1. The number of alkyl halides is 3. The minimum absolute atomic E-state index is 0.0301. The van der Waals surface area contributed by atoms with Gasteiger partial charge in [0.15, 0.2) is 0 Å². The monoisotopic (exact) mass is 306 g/mol. The van der Waals surface area contributed by atoms with Crippen LogP contribution in [0.4, 0.5) is 18.9 Å². The fraction of sp³-hybridized carbons (Fsp3) is 0.538. The molecular weight excluding hydrogens is 289 g/mol. The van der Waals surface area contributed by atoms with Crippen LogP contribution in [0.15, 0.2) is 18.2 Å². The van der Waals surface area contributed by atoms with Crippen molar-refractivity contribution in [1.82, 2.24) is 5.32 Å². The Labute approximate surface area is 120 Å². The molecule has 0 fully saturated rings. The first-order valence-corrected chi connectivity index (χ1v) is 6.43. The number of rotatable bonds is 7. The number of nitrogens with one attached hydrogen (secondary N) is 1. The fourth-order valence-electron chi connectivity index (χ4n) is 1.64. The maximum atomic E-state index is 12.8. The van der Waals surface area contributed by atoms with E-state index < -0.39 is 22.4 Å². The van der Waals surface area contributed by atoms with Gasteiger partial charge in [-0.1, -0.05) is 13.8 Å². The topological polar surface area (TPSA) is 64.4 Å². The van der Waals surface area contributed by atoms with Crippen LogP contribution in [0.1, 0.15) is 25.8 Å². The fourth-order valence-corrected chi connectivity index (χ4v) is 1.64. The molecule has 0 aliphatic heterocycles.